The Labute approximate surface area is 126 Å². The van der Waals surface area contributed by atoms with E-state index >= 15 is 0 Å². The Morgan fingerprint density at radius 3 is 2.43 bits per heavy atom. The molecule has 6 nitrogen and oxygen atoms in total. The quantitative estimate of drug-likeness (QED) is 0.680. The van der Waals surface area contributed by atoms with Crippen molar-refractivity contribution >= 4 is 21.6 Å². The molecule has 0 aliphatic rings. The largest absolute Gasteiger partial charge is 0.398 e. The summed E-state index contributed by atoms with van der Waals surface area (Å²) in [6, 6.07) is 2.94. The molecule has 0 saturated carbocycles. The van der Waals surface area contributed by atoms with Gasteiger partial charge in [0.1, 0.15) is 0 Å². The van der Waals surface area contributed by atoms with Crippen molar-refractivity contribution in [3.63, 3.8) is 0 Å². The molecule has 0 atom stereocenters. The highest BCUT2D eigenvalue weighted by Crippen LogP contribution is 2.21. The van der Waals surface area contributed by atoms with E-state index < -0.39 is 10.0 Å². The second-order valence-corrected chi connectivity index (χ2v) is 7.24. The summed E-state index contributed by atoms with van der Waals surface area (Å²) in [4.78, 5) is 11.6. The Hall–Kier alpha value is -1.60. The van der Waals surface area contributed by atoms with Gasteiger partial charge in [-0.15, -0.1) is 0 Å². The lowest BCUT2D eigenvalue weighted by Gasteiger charge is -2.11. The molecule has 0 saturated heterocycles. The van der Waals surface area contributed by atoms with Gasteiger partial charge < -0.3 is 11.1 Å². The predicted molar refractivity (Wildman–Crippen MR) is 83.4 cm³/mol. The van der Waals surface area contributed by atoms with Crippen molar-refractivity contribution < 1.29 is 13.2 Å². The summed E-state index contributed by atoms with van der Waals surface area (Å²) < 4.78 is 26.6. The van der Waals surface area contributed by atoms with Crippen LogP contribution in [0.15, 0.2) is 17.0 Å². The molecule has 4 N–H and O–H groups in total. The number of nitrogen functional groups attached to an aromatic ring is 1. The van der Waals surface area contributed by atoms with Crippen molar-refractivity contribution in [1.29, 1.82) is 0 Å². The van der Waals surface area contributed by atoms with E-state index in [0.29, 0.717) is 18.2 Å². The first kappa shape index (κ1) is 17.5. The lowest BCUT2D eigenvalue weighted by Crippen LogP contribution is -2.38. The van der Waals surface area contributed by atoms with Crippen LogP contribution >= 0.6 is 0 Å². The maximum absolute atomic E-state index is 12.1. The molecule has 1 amide bonds. The number of sulfonamides is 1. The number of nitrogens with one attached hydrogen (secondary N) is 2. The number of nitrogens with two attached hydrogens (primary N) is 1. The first-order chi connectivity index (χ1) is 9.63. The summed E-state index contributed by atoms with van der Waals surface area (Å²) in [5.74, 6) is -0.0471. The normalized spacial score (nSPS) is 11.7. The fraction of sp³-hybridized carbons (Fsp3) is 0.500. The molecule has 0 aliphatic heterocycles. The minimum Gasteiger partial charge on any atom is -0.398 e. The number of benzene rings is 1. The van der Waals surface area contributed by atoms with Crippen LogP contribution in [-0.2, 0) is 14.8 Å². The lowest BCUT2D eigenvalue weighted by atomic mass is 10.1. The fourth-order valence-electron chi connectivity index (χ4n) is 1.63. The number of rotatable bonds is 6. The fourth-order valence-corrected chi connectivity index (χ4v) is 2.73. The Bertz CT molecular complexity index is 601. The second kappa shape index (κ2) is 6.91. The third-order valence-electron chi connectivity index (χ3n) is 3.12. The molecular formula is C14H23N3O3S. The minimum atomic E-state index is -3.75. The summed E-state index contributed by atoms with van der Waals surface area (Å²) in [5.41, 5.74) is 7.84. The maximum Gasteiger partial charge on any atom is 0.241 e. The molecule has 1 aromatic carbocycles. The molecule has 0 radical (unpaired) electrons. The van der Waals surface area contributed by atoms with E-state index in [4.69, 9.17) is 5.73 Å². The number of carbonyl (C=O) groups is 1. The number of hydrogen-bond acceptors (Lipinski definition) is 4. The van der Waals surface area contributed by atoms with E-state index in [0.717, 1.165) is 11.1 Å². The third kappa shape index (κ3) is 5.02. The van der Waals surface area contributed by atoms with E-state index in [-0.39, 0.29) is 17.3 Å². The van der Waals surface area contributed by atoms with Crippen LogP contribution in [0.3, 0.4) is 0 Å². The Balaban J connectivity index is 2.76. The van der Waals surface area contributed by atoms with Crippen LogP contribution in [0.4, 0.5) is 5.69 Å². The average molecular weight is 313 g/mol. The minimum absolute atomic E-state index is 0.0692. The Morgan fingerprint density at radius 1 is 1.29 bits per heavy atom. The highest BCUT2D eigenvalue weighted by Gasteiger charge is 2.17. The van der Waals surface area contributed by atoms with Gasteiger partial charge in [0, 0.05) is 12.2 Å². The van der Waals surface area contributed by atoms with E-state index in [9.17, 15) is 13.2 Å². The van der Waals surface area contributed by atoms with Gasteiger partial charge in [0.25, 0.3) is 0 Å². The zero-order chi connectivity index (χ0) is 16.2. The number of hydrogen-bond donors (Lipinski definition) is 3. The molecule has 0 aromatic heterocycles. The van der Waals surface area contributed by atoms with Gasteiger partial charge in [0.05, 0.1) is 11.4 Å². The van der Waals surface area contributed by atoms with Crippen LogP contribution in [0.5, 0.6) is 0 Å². The molecule has 1 rings (SSSR count). The van der Waals surface area contributed by atoms with E-state index in [1.165, 1.54) is 6.07 Å². The SMILES string of the molecule is Cc1cc(S(=O)(=O)NCC(=O)NCC(C)C)cc(N)c1C. The number of aryl methyl sites for hydroxylation is 1. The number of carbonyl (C=O) groups excluding carboxylic acids is 1. The number of amides is 1. The molecule has 1 aromatic rings. The summed E-state index contributed by atoms with van der Waals surface area (Å²) in [6.45, 7) is 7.76. The first-order valence-electron chi connectivity index (χ1n) is 6.76. The van der Waals surface area contributed by atoms with Crippen molar-refractivity contribution in [1.82, 2.24) is 10.0 Å². The molecule has 118 valence electrons. The van der Waals surface area contributed by atoms with Crippen LogP contribution in [0.25, 0.3) is 0 Å². The van der Waals surface area contributed by atoms with Gasteiger partial charge in [-0.3, -0.25) is 4.79 Å². The molecule has 0 fully saturated rings. The van der Waals surface area contributed by atoms with Crippen LogP contribution in [0.1, 0.15) is 25.0 Å². The van der Waals surface area contributed by atoms with Gasteiger partial charge in [-0.25, -0.2) is 13.1 Å². The van der Waals surface area contributed by atoms with Gasteiger partial charge in [-0.2, -0.15) is 0 Å². The van der Waals surface area contributed by atoms with Crippen molar-refractivity contribution in [2.75, 3.05) is 18.8 Å². The molecule has 0 heterocycles. The van der Waals surface area contributed by atoms with Crippen LogP contribution < -0.4 is 15.8 Å². The van der Waals surface area contributed by atoms with Gasteiger partial charge in [-0.1, -0.05) is 13.8 Å². The molecule has 0 spiro atoms. The van der Waals surface area contributed by atoms with Gasteiger partial charge in [-0.05, 0) is 43.0 Å². The lowest BCUT2D eigenvalue weighted by molar-refractivity contribution is -0.120. The van der Waals surface area contributed by atoms with Crippen molar-refractivity contribution in [3.05, 3.63) is 23.3 Å². The van der Waals surface area contributed by atoms with Gasteiger partial charge in [0.2, 0.25) is 15.9 Å². The summed E-state index contributed by atoms with van der Waals surface area (Å²) >= 11 is 0. The Morgan fingerprint density at radius 2 is 1.90 bits per heavy atom. The highest BCUT2D eigenvalue weighted by atomic mass is 32.2. The molecule has 7 heteroatoms. The van der Waals surface area contributed by atoms with Gasteiger partial charge in [0.15, 0.2) is 0 Å². The molecule has 0 aliphatic carbocycles. The van der Waals surface area contributed by atoms with Crippen molar-refractivity contribution in [2.24, 2.45) is 5.92 Å². The molecule has 21 heavy (non-hydrogen) atoms. The number of anilines is 1. The van der Waals surface area contributed by atoms with Crippen LogP contribution in [0, 0.1) is 19.8 Å². The zero-order valence-electron chi connectivity index (χ0n) is 12.9. The molecule has 0 unspecified atom stereocenters. The zero-order valence-corrected chi connectivity index (χ0v) is 13.7. The second-order valence-electron chi connectivity index (χ2n) is 5.48. The summed E-state index contributed by atoms with van der Waals surface area (Å²) in [6.07, 6.45) is 0. The summed E-state index contributed by atoms with van der Waals surface area (Å²) in [7, 11) is -3.75. The summed E-state index contributed by atoms with van der Waals surface area (Å²) in [5, 5.41) is 2.65. The first-order valence-corrected chi connectivity index (χ1v) is 8.25. The van der Waals surface area contributed by atoms with Crippen molar-refractivity contribution in [2.45, 2.75) is 32.6 Å². The van der Waals surface area contributed by atoms with Crippen molar-refractivity contribution in [3.8, 4) is 0 Å². The van der Waals surface area contributed by atoms with E-state index in [1.54, 1.807) is 13.0 Å². The smallest absolute Gasteiger partial charge is 0.241 e. The van der Waals surface area contributed by atoms with Crippen LogP contribution in [0.2, 0.25) is 0 Å². The standard InChI is InChI=1S/C14H23N3O3S/c1-9(2)7-16-14(18)8-17-21(19,20)12-5-10(3)11(4)13(15)6-12/h5-6,9,17H,7-8,15H2,1-4H3,(H,16,18). The third-order valence-corrected chi connectivity index (χ3v) is 4.50. The Kier molecular flexibility index (Phi) is 5.74. The predicted octanol–water partition coefficient (Wildman–Crippen LogP) is 0.936. The molecular weight excluding hydrogens is 290 g/mol. The molecule has 0 bridgehead atoms. The van der Waals surface area contributed by atoms with E-state index in [2.05, 4.69) is 10.0 Å². The highest BCUT2D eigenvalue weighted by molar-refractivity contribution is 7.89. The van der Waals surface area contributed by atoms with Crippen LogP contribution in [-0.4, -0.2) is 27.4 Å². The topological polar surface area (TPSA) is 101 Å². The maximum atomic E-state index is 12.1. The van der Waals surface area contributed by atoms with E-state index in [1.807, 2.05) is 20.8 Å². The average Bonchev–Trinajstić information content (AvgIpc) is 2.39. The van der Waals surface area contributed by atoms with Gasteiger partial charge >= 0.3 is 0 Å². The monoisotopic (exact) mass is 313 g/mol.